The van der Waals surface area contributed by atoms with Crippen molar-refractivity contribution in [2.45, 2.75) is 6.92 Å². The molecule has 150 valence electrons. The van der Waals surface area contributed by atoms with Gasteiger partial charge >= 0.3 is 0 Å². The normalized spacial score (nSPS) is 11.3. The van der Waals surface area contributed by atoms with Gasteiger partial charge in [-0.05, 0) is 37.3 Å². The molecule has 4 aromatic rings. The Morgan fingerprint density at radius 3 is 2.66 bits per heavy atom. The maximum atomic E-state index is 9.79. The van der Waals surface area contributed by atoms with Crippen molar-refractivity contribution in [2.24, 2.45) is 0 Å². The van der Waals surface area contributed by atoms with Crippen molar-refractivity contribution in [1.82, 2.24) is 15.2 Å². The van der Waals surface area contributed by atoms with Gasteiger partial charge in [0.25, 0.3) is 0 Å². The molecule has 2 aromatic carbocycles. The summed E-state index contributed by atoms with van der Waals surface area (Å²) in [7, 11) is 3.23. The summed E-state index contributed by atoms with van der Waals surface area (Å²) in [5.74, 6) is 1.23. The van der Waals surface area contributed by atoms with E-state index in [0.717, 1.165) is 27.4 Å². The van der Waals surface area contributed by atoms with Gasteiger partial charge in [-0.2, -0.15) is 5.10 Å². The van der Waals surface area contributed by atoms with Crippen molar-refractivity contribution in [1.29, 1.82) is 0 Å². The number of rotatable bonds is 6. The zero-order valence-electron chi connectivity index (χ0n) is 16.2. The van der Waals surface area contributed by atoms with Gasteiger partial charge < -0.3 is 19.3 Å². The van der Waals surface area contributed by atoms with Gasteiger partial charge in [0.1, 0.15) is 12.4 Å². The van der Waals surface area contributed by atoms with E-state index in [1.54, 1.807) is 32.4 Å². The molecule has 0 spiro atoms. The molecule has 0 bridgehead atoms. The van der Waals surface area contributed by atoms with Crippen molar-refractivity contribution in [3.8, 4) is 28.5 Å². The largest absolute Gasteiger partial charge is 0.506 e. The van der Waals surface area contributed by atoms with Crippen LogP contribution in [0.1, 0.15) is 5.69 Å². The van der Waals surface area contributed by atoms with Crippen LogP contribution in [-0.2, 0) is 4.74 Å². The number of phenolic OH excluding ortho intramolecular Hbond substituents is 1. The molecule has 7 nitrogen and oxygen atoms in total. The molecule has 2 N–H and O–H groups in total. The predicted molar refractivity (Wildman–Crippen MR) is 112 cm³/mol. The molecule has 2 heterocycles. The number of aryl methyl sites for hydroxylation is 1. The van der Waals surface area contributed by atoms with E-state index in [9.17, 15) is 5.11 Å². The lowest BCUT2D eigenvalue weighted by molar-refractivity contribution is 0.145. The van der Waals surface area contributed by atoms with Crippen molar-refractivity contribution in [3.63, 3.8) is 0 Å². The molecule has 0 aliphatic carbocycles. The summed E-state index contributed by atoms with van der Waals surface area (Å²) in [5, 5.41) is 19.9. The highest BCUT2D eigenvalue weighted by Crippen LogP contribution is 2.43. The Bertz CT molecular complexity index is 1210. The zero-order valence-corrected chi connectivity index (χ0v) is 17.0. The summed E-state index contributed by atoms with van der Waals surface area (Å²) in [6, 6.07) is 8.79. The number of nitrogens with zero attached hydrogens (tertiary/aromatic N) is 2. The van der Waals surface area contributed by atoms with Crippen LogP contribution in [0.15, 0.2) is 30.3 Å². The average molecular weight is 414 g/mol. The molecule has 8 heteroatoms. The van der Waals surface area contributed by atoms with Gasteiger partial charge in [0, 0.05) is 23.4 Å². The molecule has 0 fully saturated rings. The lowest BCUT2D eigenvalue weighted by Gasteiger charge is -2.16. The number of aromatic nitrogens is 3. The third-order valence-electron chi connectivity index (χ3n) is 4.75. The van der Waals surface area contributed by atoms with Crippen LogP contribution < -0.4 is 9.47 Å². The van der Waals surface area contributed by atoms with Gasteiger partial charge in [0.2, 0.25) is 0 Å². The number of H-pyrrole nitrogens is 1. The second kappa shape index (κ2) is 7.77. The molecule has 0 radical (unpaired) electrons. The van der Waals surface area contributed by atoms with Crippen molar-refractivity contribution in [2.75, 3.05) is 27.4 Å². The second-order valence-corrected chi connectivity index (χ2v) is 6.93. The number of methoxy groups -OCH3 is 2. The second-order valence-electron chi connectivity index (χ2n) is 6.52. The fraction of sp³-hybridized carbons (Fsp3) is 0.238. The molecule has 0 amide bonds. The molecular weight excluding hydrogens is 394 g/mol. The summed E-state index contributed by atoms with van der Waals surface area (Å²) >= 11 is 6.14. The molecule has 0 aliphatic heterocycles. The Morgan fingerprint density at radius 2 is 1.93 bits per heavy atom. The number of halogens is 1. The molecule has 0 aliphatic rings. The minimum Gasteiger partial charge on any atom is -0.506 e. The summed E-state index contributed by atoms with van der Waals surface area (Å²) in [5.41, 5.74) is 2.88. The quantitative estimate of drug-likeness (QED) is 0.453. The Hall–Kier alpha value is -3.03. The van der Waals surface area contributed by atoms with Gasteiger partial charge in [-0.3, -0.25) is 5.10 Å². The number of aromatic amines is 1. The number of hydrogen-bond acceptors (Lipinski definition) is 6. The standard InChI is InChI=1S/C21H20ClN3O4/c1-11-17-18-13(5-7-16(28-3)20(18)29-9-8-27-2)19(23-21(17)25-24-11)12-4-6-15(26)14(22)10-12/h4-7,10,26H,8-9H2,1-3H3,(H,23,24,25). The van der Waals surface area contributed by atoms with Crippen LogP contribution in [0.4, 0.5) is 0 Å². The topological polar surface area (TPSA) is 89.5 Å². The molecular formula is C21H20ClN3O4. The zero-order chi connectivity index (χ0) is 20.5. The van der Waals surface area contributed by atoms with E-state index in [0.29, 0.717) is 36.1 Å². The predicted octanol–water partition coefficient (Wildman–Crippen LogP) is 4.48. The van der Waals surface area contributed by atoms with E-state index in [1.165, 1.54) is 0 Å². The van der Waals surface area contributed by atoms with Crippen molar-refractivity contribution < 1.29 is 19.3 Å². The van der Waals surface area contributed by atoms with Crippen LogP contribution in [0, 0.1) is 6.92 Å². The third-order valence-corrected chi connectivity index (χ3v) is 5.06. The van der Waals surface area contributed by atoms with Crippen molar-refractivity contribution in [3.05, 3.63) is 41.0 Å². The molecule has 0 saturated carbocycles. The number of hydrogen-bond donors (Lipinski definition) is 2. The van der Waals surface area contributed by atoms with Crippen LogP contribution in [0.2, 0.25) is 5.02 Å². The van der Waals surface area contributed by atoms with Crippen LogP contribution in [0.25, 0.3) is 33.1 Å². The Morgan fingerprint density at radius 1 is 1.10 bits per heavy atom. The van der Waals surface area contributed by atoms with Crippen molar-refractivity contribution >= 4 is 33.4 Å². The first kappa shape index (κ1) is 19.3. The molecule has 2 aromatic heterocycles. The molecule has 0 saturated heterocycles. The number of fused-ring (bicyclic) bond motifs is 3. The third kappa shape index (κ3) is 3.32. The molecule has 4 rings (SSSR count). The fourth-order valence-corrected chi connectivity index (χ4v) is 3.57. The lowest BCUT2D eigenvalue weighted by atomic mass is 9.99. The highest BCUT2D eigenvalue weighted by atomic mass is 35.5. The summed E-state index contributed by atoms with van der Waals surface area (Å²) in [4.78, 5) is 4.78. The van der Waals surface area contributed by atoms with Gasteiger partial charge in [-0.15, -0.1) is 0 Å². The van der Waals surface area contributed by atoms with Gasteiger partial charge in [-0.1, -0.05) is 11.6 Å². The number of ether oxygens (including phenoxy) is 3. The van der Waals surface area contributed by atoms with E-state index in [4.69, 9.17) is 30.8 Å². The van der Waals surface area contributed by atoms with Crippen LogP contribution in [0.3, 0.4) is 0 Å². The maximum Gasteiger partial charge on any atom is 0.169 e. The Balaban J connectivity index is 2.07. The lowest BCUT2D eigenvalue weighted by Crippen LogP contribution is -2.06. The van der Waals surface area contributed by atoms with Gasteiger partial charge in [-0.25, -0.2) is 4.98 Å². The first-order valence-corrected chi connectivity index (χ1v) is 9.39. The van der Waals surface area contributed by atoms with E-state index in [2.05, 4.69) is 10.2 Å². The van der Waals surface area contributed by atoms with E-state index in [-0.39, 0.29) is 10.8 Å². The average Bonchev–Trinajstić information content (AvgIpc) is 3.10. The highest BCUT2D eigenvalue weighted by Gasteiger charge is 2.21. The molecule has 0 atom stereocenters. The van der Waals surface area contributed by atoms with Crippen LogP contribution >= 0.6 is 11.6 Å². The van der Waals surface area contributed by atoms with Gasteiger partial charge in [0.15, 0.2) is 17.1 Å². The van der Waals surface area contributed by atoms with Crippen LogP contribution in [-0.4, -0.2) is 47.7 Å². The number of nitrogens with one attached hydrogen (secondary N) is 1. The maximum absolute atomic E-state index is 9.79. The SMILES string of the molecule is COCCOc1c(OC)ccc2c(-c3ccc(O)c(Cl)c3)nc3[nH]nc(C)c3c12. The molecule has 0 unspecified atom stereocenters. The fourth-order valence-electron chi connectivity index (χ4n) is 3.39. The number of aromatic hydroxyl groups is 1. The first-order valence-electron chi connectivity index (χ1n) is 9.01. The Labute approximate surface area is 172 Å². The first-order chi connectivity index (χ1) is 14.0. The minimum absolute atomic E-state index is 0.0171. The summed E-state index contributed by atoms with van der Waals surface area (Å²) < 4.78 is 16.7. The summed E-state index contributed by atoms with van der Waals surface area (Å²) in [6.07, 6.45) is 0. The highest BCUT2D eigenvalue weighted by molar-refractivity contribution is 6.32. The monoisotopic (exact) mass is 413 g/mol. The van der Waals surface area contributed by atoms with E-state index >= 15 is 0 Å². The number of phenols is 1. The van der Waals surface area contributed by atoms with E-state index < -0.39 is 0 Å². The summed E-state index contributed by atoms with van der Waals surface area (Å²) in [6.45, 7) is 2.72. The van der Waals surface area contributed by atoms with Crippen LogP contribution in [0.5, 0.6) is 17.2 Å². The smallest absolute Gasteiger partial charge is 0.169 e. The number of benzene rings is 2. The van der Waals surface area contributed by atoms with Gasteiger partial charge in [0.05, 0.1) is 35.5 Å². The molecule has 29 heavy (non-hydrogen) atoms. The minimum atomic E-state index is 0.0171. The Kier molecular flexibility index (Phi) is 5.17. The van der Waals surface area contributed by atoms with E-state index in [1.807, 2.05) is 19.1 Å². The number of pyridine rings is 1.